The Labute approximate surface area is 83.2 Å². The maximum Gasteiger partial charge on any atom is 0.224 e. The highest BCUT2D eigenvalue weighted by Gasteiger charge is 2.01. The number of nitrogens with one attached hydrogen (secondary N) is 1. The first kappa shape index (κ1) is 12.4. The second kappa shape index (κ2) is 6.91. The molecular weight excluding hydrogens is 182 g/mol. The number of phenolic OH excluding ortho intramolecular Hbond substituents is 1. The van der Waals surface area contributed by atoms with E-state index in [4.69, 9.17) is 5.11 Å². The molecule has 1 rings (SSSR count). The molecule has 0 spiro atoms. The monoisotopic (exact) mass is 197 g/mol. The van der Waals surface area contributed by atoms with Crippen molar-refractivity contribution in [2.45, 2.75) is 13.3 Å². The number of rotatable bonds is 2. The SMILES string of the molecule is CCC(=O)Nc1ccccc1O.CO. The van der Waals surface area contributed by atoms with Crippen LogP contribution in [-0.2, 0) is 4.79 Å². The molecule has 0 aliphatic rings. The van der Waals surface area contributed by atoms with Crippen LogP contribution in [0.4, 0.5) is 5.69 Å². The summed E-state index contributed by atoms with van der Waals surface area (Å²) in [6, 6.07) is 6.65. The Morgan fingerprint density at radius 1 is 1.36 bits per heavy atom. The average molecular weight is 197 g/mol. The summed E-state index contributed by atoms with van der Waals surface area (Å²) in [5.41, 5.74) is 0.462. The number of benzene rings is 1. The van der Waals surface area contributed by atoms with Crippen molar-refractivity contribution in [3.05, 3.63) is 24.3 Å². The summed E-state index contributed by atoms with van der Waals surface area (Å²) in [4.78, 5) is 10.9. The lowest BCUT2D eigenvalue weighted by atomic mass is 10.3. The molecule has 0 aromatic heterocycles. The number of aliphatic hydroxyl groups excluding tert-OH is 1. The van der Waals surface area contributed by atoms with E-state index >= 15 is 0 Å². The van der Waals surface area contributed by atoms with Gasteiger partial charge < -0.3 is 15.5 Å². The molecule has 0 bridgehead atoms. The van der Waals surface area contributed by atoms with E-state index in [1.54, 1.807) is 25.1 Å². The van der Waals surface area contributed by atoms with Crippen LogP contribution in [0.5, 0.6) is 5.75 Å². The highest BCUT2D eigenvalue weighted by Crippen LogP contribution is 2.21. The lowest BCUT2D eigenvalue weighted by Gasteiger charge is -2.04. The van der Waals surface area contributed by atoms with Gasteiger partial charge in [0.1, 0.15) is 5.75 Å². The van der Waals surface area contributed by atoms with Crippen LogP contribution in [0.2, 0.25) is 0 Å². The summed E-state index contributed by atoms with van der Waals surface area (Å²) in [6.07, 6.45) is 0.411. The molecule has 14 heavy (non-hydrogen) atoms. The van der Waals surface area contributed by atoms with Crippen LogP contribution < -0.4 is 5.32 Å². The summed E-state index contributed by atoms with van der Waals surface area (Å²) in [7, 11) is 1.00. The quantitative estimate of drug-likeness (QED) is 0.627. The largest absolute Gasteiger partial charge is 0.506 e. The topological polar surface area (TPSA) is 69.6 Å². The summed E-state index contributed by atoms with van der Waals surface area (Å²) < 4.78 is 0. The second-order valence-corrected chi connectivity index (χ2v) is 2.42. The Bertz CT molecular complexity index is 286. The van der Waals surface area contributed by atoms with Gasteiger partial charge in [-0.2, -0.15) is 0 Å². The predicted octanol–water partition coefficient (Wildman–Crippen LogP) is 1.35. The lowest BCUT2D eigenvalue weighted by molar-refractivity contribution is -0.115. The van der Waals surface area contributed by atoms with Crippen LogP contribution in [-0.4, -0.2) is 23.2 Å². The average Bonchev–Trinajstić information content (AvgIpc) is 2.24. The molecular formula is C10H15NO3. The van der Waals surface area contributed by atoms with Gasteiger partial charge in [0.05, 0.1) is 5.69 Å². The molecule has 1 amide bonds. The van der Waals surface area contributed by atoms with Gasteiger partial charge in [0, 0.05) is 13.5 Å². The van der Waals surface area contributed by atoms with E-state index in [1.807, 2.05) is 0 Å². The summed E-state index contributed by atoms with van der Waals surface area (Å²) in [6.45, 7) is 1.76. The molecule has 0 saturated carbocycles. The van der Waals surface area contributed by atoms with Gasteiger partial charge in [-0.15, -0.1) is 0 Å². The minimum Gasteiger partial charge on any atom is -0.506 e. The van der Waals surface area contributed by atoms with Gasteiger partial charge in [-0.3, -0.25) is 4.79 Å². The van der Waals surface area contributed by atoms with E-state index in [-0.39, 0.29) is 11.7 Å². The summed E-state index contributed by atoms with van der Waals surface area (Å²) >= 11 is 0. The number of para-hydroxylation sites is 2. The van der Waals surface area contributed by atoms with E-state index in [0.29, 0.717) is 12.1 Å². The first-order valence-corrected chi connectivity index (χ1v) is 4.26. The molecule has 4 nitrogen and oxygen atoms in total. The van der Waals surface area contributed by atoms with Gasteiger partial charge in [-0.25, -0.2) is 0 Å². The van der Waals surface area contributed by atoms with Crippen LogP contribution in [0.25, 0.3) is 0 Å². The van der Waals surface area contributed by atoms with Gasteiger partial charge in [0.2, 0.25) is 5.91 Å². The van der Waals surface area contributed by atoms with Crippen molar-refractivity contribution in [3.8, 4) is 5.75 Å². The third kappa shape index (κ3) is 3.91. The van der Waals surface area contributed by atoms with Gasteiger partial charge in [0.25, 0.3) is 0 Å². The van der Waals surface area contributed by atoms with Crippen molar-refractivity contribution in [2.24, 2.45) is 0 Å². The van der Waals surface area contributed by atoms with Crippen LogP contribution in [0.1, 0.15) is 13.3 Å². The maximum absolute atomic E-state index is 10.9. The van der Waals surface area contributed by atoms with Gasteiger partial charge in [-0.05, 0) is 12.1 Å². The Morgan fingerprint density at radius 3 is 2.43 bits per heavy atom. The fourth-order valence-electron chi connectivity index (χ4n) is 0.818. The smallest absolute Gasteiger partial charge is 0.224 e. The lowest BCUT2D eigenvalue weighted by Crippen LogP contribution is -2.09. The molecule has 0 atom stereocenters. The number of aromatic hydroxyl groups is 1. The predicted molar refractivity (Wildman–Crippen MR) is 55.2 cm³/mol. The highest BCUT2D eigenvalue weighted by molar-refractivity contribution is 5.91. The molecule has 1 aromatic carbocycles. The van der Waals surface area contributed by atoms with E-state index in [0.717, 1.165) is 7.11 Å². The van der Waals surface area contributed by atoms with Crippen LogP contribution in [0, 0.1) is 0 Å². The Hall–Kier alpha value is -1.55. The Balaban J connectivity index is 0.000000791. The number of anilines is 1. The molecule has 0 fully saturated rings. The van der Waals surface area contributed by atoms with E-state index < -0.39 is 0 Å². The van der Waals surface area contributed by atoms with Gasteiger partial charge in [0.15, 0.2) is 0 Å². The molecule has 0 saturated heterocycles. The zero-order valence-corrected chi connectivity index (χ0v) is 8.32. The molecule has 0 aliphatic heterocycles. The Kier molecular flexibility index (Phi) is 6.15. The molecule has 0 heterocycles. The number of phenols is 1. The number of aliphatic hydroxyl groups is 1. The normalized spacial score (nSPS) is 8.50. The summed E-state index contributed by atoms with van der Waals surface area (Å²) in [5.74, 6) is -0.00389. The van der Waals surface area contributed by atoms with Crippen molar-refractivity contribution in [3.63, 3.8) is 0 Å². The number of carbonyl (C=O) groups is 1. The molecule has 4 heteroatoms. The highest BCUT2D eigenvalue weighted by atomic mass is 16.3. The fourth-order valence-corrected chi connectivity index (χ4v) is 0.818. The first-order chi connectivity index (χ1) is 6.74. The van der Waals surface area contributed by atoms with Crippen molar-refractivity contribution < 1.29 is 15.0 Å². The molecule has 0 radical (unpaired) electrons. The number of hydrogen-bond donors (Lipinski definition) is 3. The molecule has 1 aromatic rings. The molecule has 0 aliphatic carbocycles. The summed E-state index contributed by atoms with van der Waals surface area (Å²) in [5, 5.41) is 18.8. The Morgan fingerprint density at radius 2 is 1.93 bits per heavy atom. The van der Waals surface area contributed by atoms with Crippen molar-refractivity contribution in [2.75, 3.05) is 12.4 Å². The third-order valence-electron chi connectivity index (χ3n) is 1.50. The third-order valence-corrected chi connectivity index (χ3v) is 1.50. The minimum atomic E-state index is -0.100. The zero-order chi connectivity index (χ0) is 11.0. The van der Waals surface area contributed by atoms with Crippen LogP contribution >= 0.6 is 0 Å². The van der Waals surface area contributed by atoms with Crippen molar-refractivity contribution in [1.29, 1.82) is 0 Å². The first-order valence-electron chi connectivity index (χ1n) is 4.26. The van der Waals surface area contributed by atoms with Crippen molar-refractivity contribution >= 4 is 11.6 Å². The van der Waals surface area contributed by atoms with E-state index in [9.17, 15) is 9.90 Å². The van der Waals surface area contributed by atoms with Crippen LogP contribution in [0.3, 0.4) is 0 Å². The van der Waals surface area contributed by atoms with Gasteiger partial charge in [-0.1, -0.05) is 19.1 Å². The van der Waals surface area contributed by atoms with E-state index in [1.165, 1.54) is 6.07 Å². The molecule has 3 N–H and O–H groups in total. The minimum absolute atomic E-state index is 0.0966. The number of carbonyl (C=O) groups excluding carboxylic acids is 1. The maximum atomic E-state index is 10.9. The van der Waals surface area contributed by atoms with E-state index in [2.05, 4.69) is 5.32 Å². The molecule has 78 valence electrons. The number of amides is 1. The fraction of sp³-hybridized carbons (Fsp3) is 0.300. The molecule has 0 unspecified atom stereocenters. The standard InChI is InChI=1S/C9H11NO2.CH4O/c1-2-9(12)10-7-5-3-4-6-8(7)11;1-2/h3-6,11H,2H2,1H3,(H,10,12);2H,1H3. The second-order valence-electron chi connectivity index (χ2n) is 2.42. The van der Waals surface area contributed by atoms with Gasteiger partial charge >= 0.3 is 0 Å². The zero-order valence-electron chi connectivity index (χ0n) is 8.32. The van der Waals surface area contributed by atoms with Crippen LogP contribution in [0.15, 0.2) is 24.3 Å². The van der Waals surface area contributed by atoms with Crippen molar-refractivity contribution in [1.82, 2.24) is 0 Å². The number of hydrogen-bond acceptors (Lipinski definition) is 3.